The van der Waals surface area contributed by atoms with Crippen LogP contribution in [0.3, 0.4) is 0 Å². The van der Waals surface area contributed by atoms with Crippen LogP contribution in [-0.2, 0) is 16.0 Å². The lowest BCUT2D eigenvalue weighted by Gasteiger charge is -2.58. The van der Waals surface area contributed by atoms with Crippen molar-refractivity contribution in [1.82, 2.24) is 0 Å². The molecule has 0 aliphatic heterocycles. The monoisotopic (exact) mass is 596 g/mol. The second kappa shape index (κ2) is 12.0. The van der Waals surface area contributed by atoms with E-state index >= 15 is 0 Å². The quantitative estimate of drug-likeness (QED) is 0.161. The molecule has 0 N–H and O–H groups in total. The third-order valence-electron chi connectivity index (χ3n) is 12.1. The zero-order valence-electron chi connectivity index (χ0n) is 25.3. The minimum atomic E-state index is -0.281. The molecule has 9 atom stereocenters. The third-order valence-corrected chi connectivity index (χ3v) is 12.8. The van der Waals surface area contributed by atoms with E-state index in [9.17, 15) is 4.79 Å². The molecule has 0 spiro atoms. The van der Waals surface area contributed by atoms with Gasteiger partial charge in [0.15, 0.2) is 0 Å². The SMILES string of the molecule is CC(C)CCC[C@@H](C)[C@H]1CC[C@@H]2[C@@H]3CC=C4C[C@@H](OC(=O)[C@@H](Br)Cc5ccccc5)CC[C@]4(C)[C@H]3CC[C@@]21C. The number of allylic oxidation sites excluding steroid dienone is 1. The van der Waals surface area contributed by atoms with Crippen molar-refractivity contribution < 1.29 is 9.53 Å². The topological polar surface area (TPSA) is 26.3 Å². The normalized spacial score (nSPS) is 37.3. The summed E-state index contributed by atoms with van der Waals surface area (Å²) in [5.41, 5.74) is 3.60. The molecule has 0 heterocycles. The number of carbonyl (C=O) groups excluding carboxylic acids is 1. The molecule has 1 aromatic rings. The van der Waals surface area contributed by atoms with Crippen molar-refractivity contribution >= 4 is 21.9 Å². The van der Waals surface area contributed by atoms with E-state index in [1.807, 2.05) is 18.2 Å². The molecule has 2 nitrogen and oxygen atoms in total. The van der Waals surface area contributed by atoms with Gasteiger partial charge in [-0.25, -0.2) is 0 Å². The fraction of sp³-hybridized carbons (Fsp3) is 0.750. The fourth-order valence-corrected chi connectivity index (χ4v) is 10.4. The Kier molecular flexibility index (Phi) is 9.07. The Morgan fingerprint density at radius 1 is 1.00 bits per heavy atom. The molecule has 3 fully saturated rings. The molecular formula is C36H53BrO2. The number of benzene rings is 1. The molecule has 0 radical (unpaired) electrons. The van der Waals surface area contributed by atoms with Crippen LogP contribution in [0.4, 0.5) is 0 Å². The van der Waals surface area contributed by atoms with Gasteiger partial charge >= 0.3 is 5.97 Å². The molecule has 216 valence electrons. The summed E-state index contributed by atoms with van der Waals surface area (Å²) in [6, 6.07) is 10.2. The van der Waals surface area contributed by atoms with E-state index in [2.05, 4.69) is 68.8 Å². The van der Waals surface area contributed by atoms with Crippen LogP contribution >= 0.6 is 15.9 Å². The Morgan fingerprint density at radius 3 is 2.51 bits per heavy atom. The molecular weight excluding hydrogens is 544 g/mol. The minimum absolute atomic E-state index is 0.0283. The van der Waals surface area contributed by atoms with Crippen LogP contribution in [0.5, 0.6) is 0 Å². The molecule has 39 heavy (non-hydrogen) atoms. The minimum Gasteiger partial charge on any atom is -0.461 e. The number of ether oxygens (including phenoxy) is 1. The summed E-state index contributed by atoms with van der Waals surface area (Å²) >= 11 is 3.61. The predicted octanol–water partition coefficient (Wildman–Crippen LogP) is 9.95. The lowest BCUT2D eigenvalue weighted by molar-refractivity contribution is -0.150. The largest absolute Gasteiger partial charge is 0.461 e. The summed E-state index contributed by atoms with van der Waals surface area (Å²) in [6.07, 6.45) is 17.6. The molecule has 5 rings (SSSR count). The van der Waals surface area contributed by atoms with Gasteiger partial charge in [0.25, 0.3) is 0 Å². The third kappa shape index (κ3) is 5.96. The molecule has 0 unspecified atom stereocenters. The molecule has 0 bridgehead atoms. The highest BCUT2D eigenvalue weighted by atomic mass is 79.9. The first-order chi connectivity index (χ1) is 18.6. The number of hydrogen-bond donors (Lipinski definition) is 0. The van der Waals surface area contributed by atoms with E-state index < -0.39 is 0 Å². The molecule has 0 saturated heterocycles. The van der Waals surface area contributed by atoms with Gasteiger partial charge in [0.05, 0.1) is 0 Å². The lowest BCUT2D eigenvalue weighted by Crippen LogP contribution is -2.51. The van der Waals surface area contributed by atoms with Crippen molar-refractivity contribution in [1.29, 1.82) is 0 Å². The highest BCUT2D eigenvalue weighted by molar-refractivity contribution is 9.10. The lowest BCUT2D eigenvalue weighted by atomic mass is 9.47. The van der Waals surface area contributed by atoms with E-state index in [0.717, 1.165) is 53.9 Å². The van der Waals surface area contributed by atoms with E-state index in [0.29, 0.717) is 17.3 Å². The summed E-state index contributed by atoms with van der Waals surface area (Å²) < 4.78 is 6.10. The second-order valence-electron chi connectivity index (χ2n) is 14.7. The first-order valence-corrected chi connectivity index (χ1v) is 17.1. The van der Waals surface area contributed by atoms with Crippen molar-refractivity contribution in [2.75, 3.05) is 0 Å². The highest BCUT2D eigenvalue weighted by Crippen LogP contribution is 2.67. The Balaban J connectivity index is 1.21. The van der Waals surface area contributed by atoms with Gasteiger partial charge in [0.1, 0.15) is 10.9 Å². The maximum absolute atomic E-state index is 12.9. The van der Waals surface area contributed by atoms with Crippen LogP contribution < -0.4 is 0 Å². The van der Waals surface area contributed by atoms with Crippen molar-refractivity contribution in [3.05, 3.63) is 47.5 Å². The molecule has 0 aromatic heterocycles. The van der Waals surface area contributed by atoms with Gasteiger partial charge in [-0.15, -0.1) is 0 Å². The first kappa shape index (κ1) is 29.4. The van der Waals surface area contributed by atoms with E-state index in [1.54, 1.807) is 5.57 Å². The summed E-state index contributed by atoms with van der Waals surface area (Å²) in [4.78, 5) is 12.7. The van der Waals surface area contributed by atoms with Crippen molar-refractivity contribution in [3.8, 4) is 0 Å². The molecule has 4 aliphatic rings. The first-order valence-electron chi connectivity index (χ1n) is 16.2. The van der Waals surface area contributed by atoms with Crippen molar-refractivity contribution in [3.63, 3.8) is 0 Å². The Labute approximate surface area is 247 Å². The Morgan fingerprint density at radius 2 is 1.77 bits per heavy atom. The average Bonchev–Trinajstić information content (AvgIpc) is 3.26. The van der Waals surface area contributed by atoms with Gasteiger partial charge in [-0.05, 0) is 103 Å². The number of rotatable bonds is 9. The number of carbonyl (C=O) groups is 1. The van der Waals surface area contributed by atoms with Gasteiger partial charge < -0.3 is 4.74 Å². The summed E-state index contributed by atoms with van der Waals surface area (Å²) in [5.74, 6) is 5.06. The van der Waals surface area contributed by atoms with Crippen molar-refractivity contribution in [2.45, 2.75) is 123 Å². The van der Waals surface area contributed by atoms with Crippen LogP contribution in [0.25, 0.3) is 0 Å². The van der Waals surface area contributed by atoms with Gasteiger partial charge in [0, 0.05) is 6.42 Å². The van der Waals surface area contributed by atoms with Crippen LogP contribution in [0.1, 0.15) is 111 Å². The number of fused-ring (bicyclic) bond motifs is 5. The standard InChI is InChI=1S/C36H53BrO2/c1-24(2)10-9-11-25(3)30-16-17-31-29-15-14-27-23-28(18-20-35(27,4)32(29)19-21-36(30,31)5)39-34(38)33(37)22-26-12-7-6-8-13-26/h6-8,12-14,24-25,28-33H,9-11,15-23H2,1-5H3/t25-,28+,29+,30-,31-,32+,33+,35+,36-/m1/s1. The molecule has 4 aliphatic carbocycles. The Hall–Kier alpha value is -1.09. The van der Waals surface area contributed by atoms with E-state index in [4.69, 9.17) is 4.74 Å². The number of hydrogen-bond acceptors (Lipinski definition) is 2. The van der Waals surface area contributed by atoms with Crippen LogP contribution in [-0.4, -0.2) is 16.9 Å². The van der Waals surface area contributed by atoms with Gasteiger partial charge in [-0.1, -0.05) is 112 Å². The summed E-state index contributed by atoms with van der Waals surface area (Å²) in [5, 5.41) is 0. The van der Waals surface area contributed by atoms with Crippen molar-refractivity contribution in [2.24, 2.45) is 46.3 Å². The second-order valence-corrected chi connectivity index (χ2v) is 15.9. The number of esters is 1. The van der Waals surface area contributed by atoms with Gasteiger partial charge in [-0.2, -0.15) is 0 Å². The smallest absolute Gasteiger partial charge is 0.320 e. The predicted molar refractivity (Wildman–Crippen MR) is 166 cm³/mol. The van der Waals surface area contributed by atoms with Crippen LogP contribution in [0.15, 0.2) is 42.0 Å². The maximum Gasteiger partial charge on any atom is 0.320 e. The number of alkyl halides is 1. The van der Waals surface area contributed by atoms with E-state index in [1.165, 1.54) is 57.8 Å². The maximum atomic E-state index is 12.9. The zero-order valence-corrected chi connectivity index (χ0v) is 26.8. The summed E-state index contributed by atoms with van der Waals surface area (Å²) in [7, 11) is 0. The Bertz CT molecular complexity index is 1020. The average molecular weight is 598 g/mol. The molecule has 1 aromatic carbocycles. The molecule has 3 saturated carbocycles. The summed E-state index contributed by atoms with van der Waals surface area (Å²) in [6.45, 7) is 12.6. The molecule has 3 heteroatoms. The zero-order chi connectivity index (χ0) is 27.8. The highest BCUT2D eigenvalue weighted by Gasteiger charge is 2.59. The van der Waals surface area contributed by atoms with E-state index in [-0.39, 0.29) is 16.9 Å². The van der Waals surface area contributed by atoms with Crippen LogP contribution in [0, 0.1) is 46.3 Å². The fourth-order valence-electron chi connectivity index (χ4n) is 9.90. The van der Waals surface area contributed by atoms with Gasteiger partial charge in [-0.3, -0.25) is 4.79 Å². The molecule has 0 amide bonds. The van der Waals surface area contributed by atoms with Gasteiger partial charge in [0.2, 0.25) is 0 Å². The van der Waals surface area contributed by atoms with Crippen LogP contribution in [0.2, 0.25) is 0 Å². The number of halogens is 1.